The van der Waals surface area contributed by atoms with E-state index < -0.39 is 47.3 Å². The van der Waals surface area contributed by atoms with Crippen molar-refractivity contribution in [3.8, 4) is 11.5 Å². The van der Waals surface area contributed by atoms with Gasteiger partial charge in [0, 0.05) is 63.0 Å². The molecule has 0 aliphatic carbocycles. The summed E-state index contributed by atoms with van der Waals surface area (Å²) in [5.41, 5.74) is 3.34. The molecule has 5 aromatic rings. The van der Waals surface area contributed by atoms with Gasteiger partial charge >= 0.3 is 0 Å². The number of Topliss-reactive ketones (excluding diaryl/α,β-unsaturated/α-hetero) is 2. The zero-order valence-corrected chi connectivity index (χ0v) is 39.2. The number of carbonyl (C=O) groups is 6. The van der Waals surface area contributed by atoms with Crippen molar-refractivity contribution in [2.24, 2.45) is 20.5 Å². The van der Waals surface area contributed by atoms with Gasteiger partial charge in [0.25, 0.3) is 23.6 Å². The average molecular weight is 997 g/mol. The molecule has 2 atom stereocenters. The molecule has 21 heteroatoms. The Morgan fingerprint density at radius 1 is 0.515 bits per heavy atom. The number of ether oxygens (including phenoxy) is 2. The van der Waals surface area contributed by atoms with Crippen LogP contribution in [0.1, 0.15) is 51.3 Å². The van der Waals surface area contributed by atoms with Crippen LogP contribution >= 0.6 is 58.0 Å². The van der Waals surface area contributed by atoms with Gasteiger partial charge in [-0.05, 0) is 86.1 Å². The van der Waals surface area contributed by atoms with Crippen LogP contribution in [-0.2, 0) is 36.8 Å². The van der Waals surface area contributed by atoms with Gasteiger partial charge in [0.05, 0.1) is 36.0 Å². The van der Waals surface area contributed by atoms with Crippen molar-refractivity contribution in [3.63, 3.8) is 0 Å². The van der Waals surface area contributed by atoms with Crippen molar-refractivity contribution in [2.75, 3.05) is 35.5 Å². The quantitative estimate of drug-likeness (QED) is 0.0353. The predicted octanol–water partition coefficient (Wildman–Crippen LogP) is 11.1. The molecule has 4 N–H and O–H groups in total. The number of azo groups is 2. The summed E-state index contributed by atoms with van der Waals surface area (Å²) in [5, 5.41) is 26.8. The lowest BCUT2D eigenvalue weighted by Crippen LogP contribution is -2.32. The summed E-state index contributed by atoms with van der Waals surface area (Å²) in [5.74, 6) is -2.82. The van der Waals surface area contributed by atoms with Crippen molar-refractivity contribution in [3.05, 3.63) is 129 Å². The lowest BCUT2D eigenvalue weighted by atomic mass is 10.1. The highest BCUT2D eigenvalue weighted by Gasteiger charge is 2.26. The van der Waals surface area contributed by atoms with E-state index >= 15 is 0 Å². The van der Waals surface area contributed by atoms with E-state index in [0.717, 1.165) is 25.0 Å². The Balaban J connectivity index is 1.25. The summed E-state index contributed by atoms with van der Waals surface area (Å²) < 4.78 is 10.7. The molecule has 0 aliphatic heterocycles. The molecule has 0 spiro atoms. The number of carbonyl (C=O) groups excluding carboxylic acids is 6. The molecule has 66 heavy (non-hydrogen) atoms. The van der Waals surface area contributed by atoms with Crippen molar-refractivity contribution in [1.29, 1.82) is 0 Å². The molecule has 2 unspecified atom stereocenters. The third kappa shape index (κ3) is 13.1. The molecule has 0 heterocycles. The summed E-state index contributed by atoms with van der Waals surface area (Å²) in [4.78, 5) is 78.2. The number of nitrogens with one attached hydrogen (secondary N) is 4. The summed E-state index contributed by atoms with van der Waals surface area (Å²) in [6, 6.07) is 19.4. The first kappa shape index (κ1) is 50.6. The summed E-state index contributed by atoms with van der Waals surface area (Å²) >= 11 is 30.8. The van der Waals surface area contributed by atoms with Crippen molar-refractivity contribution >= 4 is 127 Å². The minimum Gasteiger partial charge on any atom is -0.496 e. The van der Waals surface area contributed by atoms with Crippen LogP contribution < -0.4 is 30.7 Å². The molecule has 0 fully saturated rings. The number of rotatable bonds is 19. The number of nitrogens with zero attached hydrogens (tertiary/aromatic N) is 4. The first-order valence-electron chi connectivity index (χ1n) is 19.4. The molecular weight excluding hydrogens is 958 g/mol. The highest BCUT2D eigenvalue weighted by Crippen LogP contribution is 2.31. The molecule has 0 bridgehead atoms. The molecule has 0 aromatic heterocycles. The number of benzene rings is 5. The van der Waals surface area contributed by atoms with E-state index in [2.05, 4.69) is 41.7 Å². The van der Waals surface area contributed by atoms with Gasteiger partial charge in [-0.2, -0.15) is 20.5 Å². The topological polar surface area (TPSA) is 218 Å². The maximum absolute atomic E-state index is 13.4. The smallest absolute Gasteiger partial charge is 0.258 e. The van der Waals surface area contributed by atoms with E-state index in [1.807, 2.05) is 0 Å². The third-order valence-electron chi connectivity index (χ3n) is 9.40. The maximum Gasteiger partial charge on any atom is 0.258 e. The van der Waals surface area contributed by atoms with E-state index in [0.29, 0.717) is 28.4 Å². The fourth-order valence-electron chi connectivity index (χ4n) is 5.93. The second-order valence-electron chi connectivity index (χ2n) is 14.0. The first-order valence-corrected chi connectivity index (χ1v) is 21.8. The Labute approximate surface area is 403 Å². The minimum atomic E-state index is -1.64. The SMILES string of the molecule is COc1cc(NC(=O)c2ccc(Cl)c(N=NC(C(C)=O)C(=O)Nc3ccc(NC(=O)C(N=Nc4cc(C(=O)Nc5ccc(CCl)c(OC)c5)ccc4Cl)C(C)=O)c(CCl)c3)c2)ccc1CCl. The van der Waals surface area contributed by atoms with Gasteiger partial charge in [0.15, 0.2) is 11.6 Å². The van der Waals surface area contributed by atoms with Crippen LogP contribution in [0.5, 0.6) is 11.5 Å². The normalized spacial score (nSPS) is 12.0. The number of hydrogen-bond acceptors (Lipinski definition) is 12. The van der Waals surface area contributed by atoms with Gasteiger partial charge in [-0.3, -0.25) is 28.8 Å². The molecule has 0 saturated heterocycles. The van der Waals surface area contributed by atoms with Gasteiger partial charge in [-0.15, -0.1) is 34.8 Å². The second kappa shape index (κ2) is 23.7. The van der Waals surface area contributed by atoms with Gasteiger partial charge in [-0.1, -0.05) is 35.3 Å². The largest absolute Gasteiger partial charge is 0.496 e. The summed E-state index contributed by atoms with van der Waals surface area (Å²) in [6.07, 6.45) is 0. The molecule has 0 saturated carbocycles. The minimum absolute atomic E-state index is 0.00917. The Morgan fingerprint density at radius 2 is 0.924 bits per heavy atom. The maximum atomic E-state index is 13.4. The highest BCUT2D eigenvalue weighted by molar-refractivity contribution is 6.33. The highest BCUT2D eigenvalue weighted by atomic mass is 35.5. The number of anilines is 4. The molecule has 0 aliphatic rings. The van der Waals surface area contributed by atoms with Crippen LogP contribution in [0, 0.1) is 0 Å². The Morgan fingerprint density at radius 3 is 1.33 bits per heavy atom. The monoisotopic (exact) mass is 994 g/mol. The van der Waals surface area contributed by atoms with E-state index in [9.17, 15) is 28.8 Å². The molecule has 4 amide bonds. The van der Waals surface area contributed by atoms with E-state index in [1.54, 1.807) is 36.4 Å². The van der Waals surface area contributed by atoms with E-state index in [4.69, 9.17) is 67.5 Å². The Bertz CT molecular complexity index is 2750. The van der Waals surface area contributed by atoms with Crippen LogP contribution in [0.15, 0.2) is 111 Å². The van der Waals surface area contributed by atoms with Crippen molar-refractivity contribution in [2.45, 2.75) is 43.6 Å². The number of ketones is 2. The molecule has 342 valence electrons. The summed E-state index contributed by atoms with van der Waals surface area (Å²) in [7, 11) is 2.97. The zero-order chi connectivity index (χ0) is 48.1. The van der Waals surface area contributed by atoms with Gasteiger partial charge in [-0.25, -0.2) is 0 Å². The predicted molar refractivity (Wildman–Crippen MR) is 255 cm³/mol. The summed E-state index contributed by atoms with van der Waals surface area (Å²) in [6.45, 7) is 2.29. The van der Waals surface area contributed by atoms with E-state index in [1.165, 1.54) is 68.8 Å². The number of hydrogen-bond donors (Lipinski definition) is 4. The lowest BCUT2D eigenvalue weighted by molar-refractivity contribution is -0.127. The second-order valence-corrected chi connectivity index (χ2v) is 15.6. The van der Waals surface area contributed by atoms with Gasteiger partial charge in [0.1, 0.15) is 22.9 Å². The fraction of sp³-hybridized carbons (Fsp3) is 0.200. The lowest BCUT2D eigenvalue weighted by Gasteiger charge is -2.15. The van der Waals surface area contributed by atoms with Crippen LogP contribution in [0.2, 0.25) is 10.0 Å². The van der Waals surface area contributed by atoms with Crippen molar-refractivity contribution in [1.82, 2.24) is 0 Å². The zero-order valence-electron chi connectivity index (χ0n) is 35.4. The molecule has 0 radical (unpaired) electrons. The van der Waals surface area contributed by atoms with E-state index in [-0.39, 0.29) is 61.6 Å². The Hall–Kier alpha value is -6.43. The molecule has 16 nitrogen and oxygen atoms in total. The fourth-order valence-corrected chi connectivity index (χ4v) is 6.90. The van der Waals surface area contributed by atoms with Crippen LogP contribution in [-0.4, -0.2) is 61.5 Å². The number of amides is 4. The number of halogens is 5. The third-order valence-corrected chi connectivity index (χ3v) is 10.9. The Kier molecular flexibility index (Phi) is 18.1. The van der Waals surface area contributed by atoms with Crippen molar-refractivity contribution < 1.29 is 38.2 Å². The van der Waals surface area contributed by atoms with Crippen LogP contribution in [0.3, 0.4) is 0 Å². The first-order chi connectivity index (χ1) is 31.6. The van der Waals surface area contributed by atoms with Gasteiger partial charge in [0.2, 0.25) is 12.1 Å². The molecule has 5 rings (SSSR count). The number of methoxy groups -OCH3 is 2. The van der Waals surface area contributed by atoms with Crippen LogP contribution in [0.4, 0.5) is 34.1 Å². The van der Waals surface area contributed by atoms with Crippen LogP contribution in [0.25, 0.3) is 0 Å². The average Bonchev–Trinajstić information content (AvgIpc) is 3.30. The standard InChI is InChI=1S/C45H39Cl5N8O8/c1-23(59)40(57-55-36-16-25(7-12-33(36)49)42(61)51-31-9-5-27(20-46)38(18-31)65-3)44(63)53-30-11-14-35(29(15-30)22-48)54-45(64)41(24(2)60)58-56-37-17-26(8-13-34(37)50)43(62)52-32-10-6-28(21-47)39(19-32)66-4/h5-19,40-41H,20-22H2,1-4H3,(H,51,61)(H,52,62)(H,53,63)(H,54,64). The number of alkyl halides is 3. The van der Waals surface area contributed by atoms with Gasteiger partial charge < -0.3 is 30.7 Å². The molecular formula is C45H39Cl5N8O8. The molecule has 5 aromatic carbocycles.